The first-order valence-corrected chi connectivity index (χ1v) is 8.53. The van der Waals surface area contributed by atoms with Crippen molar-refractivity contribution < 1.29 is 14.6 Å². The Bertz CT molecular complexity index is 713. The quantitative estimate of drug-likeness (QED) is 0.835. The van der Waals surface area contributed by atoms with Crippen LogP contribution in [-0.4, -0.2) is 45.8 Å². The summed E-state index contributed by atoms with van der Waals surface area (Å²) in [4.78, 5) is 17.0. The molecule has 6 nitrogen and oxygen atoms in total. The summed E-state index contributed by atoms with van der Waals surface area (Å²) in [5.41, 5.74) is 2.58. The molecule has 0 spiro atoms. The third-order valence-corrected chi connectivity index (χ3v) is 4.85. The monoisotopic (exact) mass is 331 g/mol. The van der Waals surface area contributed by atoms with E-state index in [0.717, 1.165) is 42.7 Å². The van der Waals surface area contributed by atoms with E-state index in [2.05, 4.69) is 10.3 Å². The maximum Gasteiger partial charge on any atom is 0.226 e. The number of hydrogen-bond donors (Lipinski definition) is 2. The van der Waals surface area contributed by atoms with E-state index >= 15 is 0 Å². The summed E-state index contributed by atoms with van der Waals surface area (Å²) in [6.07, 6.45) is 4.89. The van der Waals surface area contributed by atoms with Gasteiger partial charge in [0.2, 0.25) is 5.91 Å². The molecule has 0 bridgehead atoms. The first kappa shape index (κ1) is 16.9. The van der Waals surface area contributed by atoms with Crippen LogP contribution in [0.4, 0.5) is 0 Å². The number of ether oxygens (including phenoxy) is 1. The van der Waals surface area contributed by atoms with Gasteiger partial charge in [-0.05, 0) is 31.9 Å². The van der Waals surface area contributed by atoms with E-state index < -0.39 is 6.10 Å². The van der Waals surface area contributed by atoms with Crippen LogP contribution in [0.25, 0.3) is 5.65 Å². The molecule has 1 fully saturated rings. The SMILES string of the molecule is CO[C@@H]1CCCC[C@@H](NC(=O)Cc2c(C)nc3ccccn23)[C@H]1O. The lowest BCUT2D eigenvalue weighted by Crippen LogP contribution is -2.48. The van der Waals surface area contributed by atoms with Gasteiger partial charge in [0.15, 0.2) is 0 Å². The third-order valence-electron chi connectivity index (χ3n) is 4.85. The Morgan fingerprint density at radius 2 is 2.21 bits per heavy atom. The first-order chi connectivity index (χ1) is 11.6. The summed E-state index contributed by atoms with van der Waals surface area (Å²) >= 11 is 0. The standard InChI is InChI=1S/C18H25N3O3/c1-12-14(21-10-6-5-9-16(21)19-12)11-17(22)20-13-7-3-4-8-15(24-2)18(13)23/h5-6,9-10,13,15,18,23H,3-4,7-8,11H2,1-2H3,(H,20,22)/t13-,15-,18-/m1/s1. The number of hydrogen-bond acceptors (Lipinski definition) is 4. The zero-order chi connectivity index (χ0) is 17.1. The van der Waals surface area contributed by atoms with Crippen LogP contribution in [0.15, 0.2) is 24.4 Å². The van der Waals surface area contributed by atoms with E-state index in [0.29, 0.717) is 0 Å². The van der Waals surface area contributed by atoms with Crippen LogP contribution in [0.2, 0.25) is 0 Å². The molecule has 24 heavy (non-hydrogen) atoms. The van der Waals surface area contributed by atoms with Crippen LogP contribution >= 0.6 is 0 Å². The number of methoxy groups -OCH3 is 1. The molecule has 0 unspecified atom stereocenters. The Morgan fingerprint density at radius 1 is 1.42 bits per heavy atom. The highest BCUT2D eigenvalue weighted by Crippen LogP contribution is 2.21. The number of pyridine rings is 1. The average molecular weight is 331 g/mol. The Balaban J connectivity index is 1.71. The minimum Gasteiger partial charge on any atom is -0.388 e. The van der Waals surface area contributed by atoms with E-state index in [1.807, 2.05) is 35.7 Å². The average Bonchev–Trinajstić information content (AvgIpc) is 2.77. The molecule has 130 valence electrons. The summed E-state index contributed by atoms with van der Waals surface area (Å²) in [6, 6.07) is 5.52. The fourth-order valence-electron chi connectivity index (χ4n) is 3.51. The molecule has 1 amide bonds. The number of amides is 1. The fourth-order valence-corrected chi connectivity index (χ4v) is 3.51. The molecule has 0 saturated heterocycles. The maximum atomic E-state index is 12.5. The maximum absolute atomic E-state index is 12.5. The summed E-state index contributed by atoms with van der Waals surface area (Å²) < 4.78 is 7.30. The predicted molar refractivity (Wildman–Crippen MR) is 90.8 cm³/mol. The fraction of sp³-hybridized carbons (Fsp3) is 0.556. The largest absolute Gasteiger partial charge is 0.388 e. The Morgan fingerprint density at radius 3 is 3.00 bits per heavy atom. The number of rotatable bonds is 4. The molecule has 0 aliphatic heterocycles. The number of aliphatic hydroxyl groups excluding tert-OH is 1. The van der Waals surface area contributed by atoms with Gasteiger partial charge in [0.05, 0.1) is 30.0 Å². The van der Waals surface area contributed by atoms with Gasteiger partial charge in [0, 0.05) is 13.3 Å². The number of aryl methyl sites for hydroxylation is 1. The van der Waals surface area contributed by atoms with E-state index in [-0.39, 0.29) is 24.5 Å². The first-order valence-electron chi connectivity index (χ1n) is 8.53. The van der Waals surface area contributed by atoms with Crippen LogP contribution in [-0.2, 0) is 16.0 Å². The van der Waals surface area contributed by atoms with Crippen LogP contribution in [0.3, 0.4) is 0 Å². The van der Waals surface area contributed by atoms with Gasteiger partial charge < -0.3 is 19.6 Å². The topological polar surface area (TPSA) is 75.9 Å². The van der Waals surface area contributed by atoms with Crippen molar-refractivity contribution in [2.45, 2.75) is 57.3 Å². The third kappa shape index (κ3) is 3.44. The summed E-state index contributed by atoms with van der Waals surface area (Å²) in [5.74, 6) is -0.0930. The zero-order valence-electron chi connectivity index (χ0n) is 14.2. The van der Waals surface area contributed by atoms with Crippen molar-refractivity contribution in [2.24, 2.45) is 0 Å². The molecular weight excluding hydrogens is 306 g/mol. The molecule has 2 aromatic rings. The van der Waals surface area contributed by atoms with E-state index in [9.17, 15) is 9.90 Å². The van der Waals surface area contributed by atoms with Crippen molar-refractivity contribution in [3.05, 3.63) is 35.8 Å². The molecular formula is C18H25N3O3. The van der Waals surface area contributed by atoms with Gasteiger partial charge in [-0.1, -0.05) is 18.9 Å². The molecule has 1 aliphatic carbocycles. The molecule has 2 aromatic heterocycles. The van der Waals surface area contributed by atoms with Crippen molar-refractivity contribution in [2.75, 3.05) is 7.11 Å². The minimum absolute atomic E-state index is 0.0930. The van der Waals surface area contributed by atoms with Crippen molar-refractivity contribution in [1.82, 2.24) is 14.7 Å². The van der Waals surface area contributed by atoms with Gasteiger partial charge in [-0.25, -0.2) is 4.98 Å². The lowest BCUT2D eigenvalue weighted by atomic mass is 10.0. The van der Waals surface area contributed by atoms with Gasteiger partial charge >= 0.3 is 0 Å². The van der Waals surface area contributed by atoms with E-state index in [4.69, 9.17) is 4.74 Å². The van der Waals surface area contributed by atoms with Crippen LogP contribution in [0.1, 0.15) is 37.1 Å². The second-order valence-corrected chi connectivity index (χ2v) is 6.47. The number of fused-ring (bicyclic) bond motifs is 1. The summed E-state index contributed by atoms with van der Waals surface area (Å²) in [6.45, 7) is 1.91. The van der Waals surface area contributed by atoms with Gasteiger partial charge in [0.25, 0.3) is 0 Å². The summed E-state index contributed by atoms with van der Waals surface area (Å²) in [7, 11) is 1.61. The number of carbonyl (C=O) groups excluding carboxylic acids is 1. The Kier molecular flexibility index (Phi) is 5.16. The van der Waals surface area contributed by atoms with Crippen molar-refractivity contribution in [1.29, 1.82) is 0 Å². The second kappa shape index (κ2) is 7.32. The molecule has 1 aliphatic rings. The molecule has 0 radical (unpaired) electrons. The highest BCUT2D eigenvalue weighted by atomic mass is 16.5. The number of nitrogens with one attached hydrogen (secondary N) is 1. The number of aromatic nitrogens is 2. The van der Waals surface area contributed by atoms with Crippen molar-refractivity contribution >= 4 is 11.6 Å². The Labute approximate surface area is 141 Å². The van der Waals surface area contributed by atoms with Crippen molar-refractivity contribution in [3.63, 3.8) is 0 Å². The minimum atomic E-state index is -0.662. The number of imidazole rings is 1. The van der Waals surface area contributed by atoms with Gasteiger partial charge in [-0.2, -0.15) is 0 Å². The molecule has 6 heteroatoms. The second-order valence-electron chi connectivity index (χ2n) is 6.47. The predicted octanol–water partition coefficient (Wildman–Crippen LogP) is 1.62. The normalized spacial score (nSPS) is 24.7. The number of aliphatic hydroxyl groups is 1. The Hall–Kier alpha value is -1.92. The van der Waals surface area contributed by atoms with Crippen LogP contribution < -0.4 is 5.32 Å². The lowest BCUT2D eigenvalue weighted by molar-refractivity contribution is -0.123. The molecule has 0 aromatic carbocycles. The highest BCUT2D eigenvalue weighted by molar-refractivity contribution is 5.79. The highest BCUT2D eigenvalue weighted by Gasteiger charge is 2.31. The zero-order valence-corrected chi connectivity index (χ0v) is 14.2. The molecule has 1 saturated carbocycles. The molecule has 3 atom stereocenters. The number of nitrogens with zero attached hydrogens (tertiary/aromatic N) is 2. The molecule has 3 rings (SSSR count). The van der Waals surface area contributed by atoms with E-state index in [1.165, 1.54) is 0 Å². The van der Waals surface area contributed by atoms with Gasteiger partial charge in [-0.3, -0.25) is 4.79 Å². The smallest absolute Gasteiger partial charge is 0.226 e. The van der Waals surface area contributed by atoms with Crippen LogP contribution in [0, 0.1) is 6.92 Å². The summed E-state index contributed by atoms with van der Waals surface area (Å²) in [5, 5.41) is 13.4. The molecule has 2 N–H and O–H groups in total. The van der Waals surface area contributed by atoms with Gasteiger partial charge in [0.1, 0.15) is 11.8 Å². The molecule has 2 heterocycles. The van der Waals surface area contributed by atoms with Crippen molar-refractivity contribution in [3.8, 4) is 0 Å². The van der Waals surface area contributed by atoms with E-state index in [1.54, 1.807) is 7.11 Å². The van der Waals surface area contributed by atoms with Crippen LogP contribution in [0.5, 0.6) is 0 Å². The number of carbonyl (C=O) groups is 1. The van der Waals surface area contributed by atoms with Gasteiger partial charge in [-0.15, -0.1) is 0 Å². The lowest BCUT2D eigenvalue weighted by Gasteiger charge is -2.27.